The van der Waals surface area contributed by atoms with E-state index >= 15 is 0 Å². The third-order valence-corrected chi connectivity index (χ3v) is 2.60. The van der Waals surface area contributed by atoms with E-state index in [0.717, 1.165) is 0 Å². The van der Waals surface area contributed by atoms with Crippen LogP contribution < -0.4 is 11.1 Å². The van der Waals surface area contributed by atoms with Crippen LogP contribution in [0.4, 0.5) is 0 Å². The summed E-state index contributed by atoms with van der Waals surface area (Å²) < 4.78 is 0. The lowest BCUT2D eigenvalue weighted by Gasteiger charge is -2.16. The molecule has 0 aliphatic rings. The minimum Gasteiger partial charge on any atom is -0.481 e. The first-order valence-corrected chi connectivity index (χ1v) is 5.88. The molecule has 1 amide bonds. The second-order valence-electron chi connectivity index (χ2n) is 4.22. The van der Waals surface area contributed by atoms with Crippen molar-refractivity contribution in [3.63, 3.8) is 0 Å². The van der Waals surface area contributed by atoms with Gasteiger partial charge in [-0.1, -0.05) is 0 Å². The maximum atomic E-state index is 11.7. The van der Waals surface area contributed by atoms with Gasteiger partial charge in [0, 0.05) is 24.7 Å². The van der Waals surface area contributed by atoms with Crippen molar-refractivity contribution in [2.24, 2.45) is 5.73 Å². The summed E-state index contributed by atoms with van der Waals surface area (Å²) in [5.41, 5.74) is 6.05. The fraction of sp³-hybridized carbons (Fsp3) is 0.455. The minimum atomic E-state index is -1.21. The highest BCUT2D eigenvalue weighted by Crippen LogP contribution is 2.01. The number of carboxylic acid groups (broad SMARTS) is 2. The summed E-state index contributed by atoms with van der Waals surface area (Å²) in [4.78, 5) is 39.6. The first-order valence-electron chi connectivity index (χ1n) is 5.88. The van der Waals surface area contributed by atoms with Crippen LogP contribution in [0.25, 0.3) is 0 Å². The van der Waals surface area contributed by atoms with Gasteiger partial charge in [0.05, 0.1) is 12.4 Å². The Morgan fingerprint density at radius 3 is 2.60 bits per heavy atom. The van der Waals surface area contributed by atoms with Crippen LogP contribution in [0.15, 0.2) is 12.5 Å². The number of amides is 1. The lowest BCUT2D eigenvalue weighted by Crippen LogP contribution is -2.49. The molecule has 0 spiro atoms. The van der Waals surface area contributed by atoms with Gasteiger partial charge >= 0.3 is 11.9 Å². The molecule has 1 aromatic rings. The van der Waals surface area contributed by atoms with Gasteiger partial charge in [-0.3, -0.25) is 9.59 Å². The third-order valence-electron chi connectivity index (χ3n) is 2.60. The lowest BCUT2D eigenvalue weighted by molar-refractivity contribution is -0.142. The van der Waals surface area contributed by atoms with Crippen molar-refractivity contribution in [2.45, 2.75) is 31.3 Å². The molecule has 1 rings (SSSR count). The fourth-order valence-electron chi connectivity index (χ4n) is 1.51. The summed E-state index contributed by atoms with van der Waals surface area (Å²) in [7, 11) is 0. The van der Waals surface area contributed by atoms with Crippen LogP contribution in [-0.4, -0.2) is 50.1 Å². The normalized spacial score (nSPS) is 13.4. The number of carbonyl (C=O) groups is 3. The number of aromatic amines is 1. The molecular weight excluding hydrogens is 268 g/mol. The number of rotatable bonds is 8. The Balaban J connectivity index is 2.54. The van der Waals surface area contributed by atoms with Crippen LogP contribution >= 0.6 is 0 Å². The minimum absolute atomic E-state index is 0.0344. The van der Waals surface area contributed by atoms with Gasteiger partial charge < -0.3 is 26.2 Å². The van der Waals surface area contributed by atoms with Crippen molar-refractivity contribution >= 4 is 17.8 Å². The average molecular weight is 284 g/mol. The summed E-state index contributed by atoms with van der Waals surface area (Å²) in [5.74, 6) is -2.97. The van der Waals surface area contributed by atoms with Gasteiger partial charge in [-0.2, -0.15) is 0 Å². The molecule has 9 heteroatoms. The van der Waals surface area contributed by atoms with Crippen LogP contribution in [-0.2, 0) is 20.8 Å². The molecule has 1 heterocycles. The Kier molecular flexibility index (Phi) is 5.66. The highest BCUT2D eigenvalue weighted by atomic mass is 16.4. The second-order valence-corrected chi connectivity index (χ2v) is 4.22. The van der Waals surface area contributed by atoms with Crippen LogP contribution in [0.5, 0.6) is 0 Å². The molecule has 2 atom stereocenters. The Labute approximate surface area is 114 Å². The summed E-state index contributed by atoms with van der Waals surface area (Å²) >= 11 is 0. The molecule has 0 aromatic carbocycles. The van der Waals surface area contributed by atoms with Gasteiger partial charge in [0.1, 0.15) is 6.04 Å². The van der Waals surface area contributed by atoms with E-state index in [1.807, 2.05) is 0 Å². The molecule has 0 radical (unpaired) electrons. The van der Waals surface area contributed by atoms with Gasteiger partial charge in [-0.25, -0.2) is 9.78 Å². The molecular formula is C11H16N4O5. The van der Waals surface area contributed by atoms with E-state index in [1.54, 1.807) is 0 Å². The van der Waals surface area contributed by atoms with Crippen LogP contribution in [0.2, 0.25) is 0 Å². The standard InChI is InChI=1S/C11H16N4O5/c12-7(1-2-9(16)17)10(18)15-8(11(19)20)3-6-4-13-5-14-6/h4-5,7-8H,1-3,12H2,(H,13,14)(H,15,18)(H,16,17)(H,19,20)/t7?,8-/m0/s1. The van der Waals surface area contributed by atoms with Crippen molar-refractivity contribution in [3.8, 4) is 0 Å². The lowest BCUT2D eigenvalue weighted by atomic mass is 10.1. The zero-order valence-corrected chi connectivity index (χ0v) is 10.6. The van der Waals surface area contributed by atoms with Crippen LogP contribution in [0, 0.1) is 0 Å². The summed E-state index contributed by atoms with van der Waals surface area (Å²) in [6.07, 6.45) is 2.57. The number of hydrogen-bond donors (Lipinski definition) is 5. The Morgan fingerprint density at radius 2 is 2.10 bits per heavy atom. The van der Waals surface area contributed by atoms with Gasteiger partial charge in [0.15, 0.2) is 0 Å². The SMILES string of the molecule is NC(CCC(=O)O)C(=O)N[C@@H](Cc1cnc[nH]1)C(=O)O. The number of H-pyrrole nitrogens is 1. The Morgan fingerprint density at radius 1 is 1.40 bits per heavy atom. The van der Waals surface area contributed by atoms with E-state index in [1.165, 1.54) is 12.5 Å². The average Bonchev–Trinajstić information content (AvgIpc) is 2.87. The first kappa shape index (κ1) is 15.6. The zero-order chi connectivity index (χ0) is 15.1. The monoisotopic (exact) mass is 284 g/mol. The zero-order valence-electron chi connectivity index (χ0n) is 10.6. The van der Waals surface area contributed by atoms with E-state index in [-0.39, 0.29) is 19.3 Å². The summed E-state index contributed by atoms with van der Waals surface area (Å²) in [5, 5.41) is 19.8. The number of aromatic nitrogens is 2. The van der Waals surface area contributed by atoms with E-state index in [2.05, 4.69) is 15.3 Å². The van der Waals surface area contributed by atoms with Gasteiger partial charge in [-0.05, 0) is 6.42 Å². The van der Waals surface area contributed by atoms with Crippen molar-refractivity contribution in [2.75, 3.05) is 0 Å². The molecule has 0 fully saturated rings. The number of nitrogens with two attached hydrogens (primary N) is 1. The predicted octanol–water partition coefficient (Wildman–Crippen LogP) is -1.29. The maximum absolute atomic E-state index is 11.7. The number of aliphatic carboxylic acids is 2. The highest BCUT2D eigenvalue weighted by Gasteiger charge is 2.24. The number of imidazole rings is 1. The number of nitrogens with zero attached hydrogens (tertiary/aromatic N) is 1. The number of carbonyl (C=O) groups excluding carboxylic acids is 1. The van der Waals surface area contributed by atoms with Gasteiger partial charge in [-0.15, -0.1) is 0 Å². The second kappa shape index (κ2) is 7.24. The molecule has 9 nitrogen and oxygen atoms in total. The molecule has 0 saturated carbocycles. The smallest absolute Gasteiger partial charge is 0.326 e. The first-order chi connectivity index (χ1) is 9.40. The Hall–Kier alpha value is -2.42. The van der Waals surface area contributed by atoms with E-state index in [4.69, 9.17) is 15.9 Å². The summed E-state index contributed by atoms with van der Waals surface area (Å²) in [6, 6.07) is -2.21. The largest absolute Gasteiger partial charge is 0.481 e. The molecule has 0 bridgehead atoms. The molecule has 1 aromatic heterocycles. The maximum Gasteiger partial charge on any atom is 0.326 e. The highest BCUT2D eigenvalue weighted by molar-refractivity contribution is 5.87. The van der Waals surface area contributed by atoms with Gasteiger partial charge in [0.2, 0.25) is 5.91 Å². The molecule has 20 heavy (non-hydrogen) atoms. The third kappa shape index (κ3) is 5.06. The molecule has 0 aliphatic carbocycles. The predicted molar refractivity (Wildman–Crippen MR) is 66.7 cm³/mol. The topological polar surface area (TPSA) is 158 Å². The van der Waals surface area contributed by atoms with Crippen molar-refractivity contribution in [1.82, 2.24) is 15.3 Å². The number of nitrogens with one attached hydrogen (secondary N) is 2. The van der Waals surface area contributed by atoms with Crippen molar-refractivity contribution < 1.29 is 24.6 Å². The molecule has 1 unspecified atom stereocenters. The van der Waals surface area contributed by atoms with Crippen LogP contribution in [0.1, 0.15) is 18.5 Å². The van der Waals surface area contributed by atoms with Crippen molar-refractivity contribution in [1.29, 1.82) is 0 Å². The van der Waals surface area contributed by atoms with Gasteiger partial charge in [0.25, 0.3) is 0 Å². The molecule has 110 valence electrons. The van der Waals surface area contributed by atoms with E-state index < -0.39 is 29.9 Å². The molecule has 6 N–H and O–H groups in total. The van der Waals surface area contributed by atoms with E-state index in [9.17, 15) is 14.4 Å². The Bertz CT molecular complexity index is 473. The van der Waals surface area contributed by atoms with Crippen LogP contribution in [0.3, 0.4) is 0 Å². The van der Waals surface area contributed by atoms with E-state index in [0.29, 0.717) is 5.69 Å². The molecule has 0 aliphatic heterocycles. The number of hydrogen-bond acceptors (Lipinski definition) is 5. The quantitative estimate of drug-likeness (QED) is 0.397. The number of carboxylic acids is 2. The molecule has 0 saturated heterocycles. The fourth-order valence-corrected chi connectivity index (χ4v) is 1.51. The summed E-state index contributed by atoms with van der Waals surface area (Å²) in [6.45, 7) is 0. The van der Waals surface area contributed by atoms with Crippen molar-refractivity contribution in [3.05, 3.63) is 18.2 Å².